The molecular weight excluding hydrogens is 304 g/mol. The summed E-state index contributed by atoms with van der Waals surface area (Å²) in [5.74, 6) is 0. The number of sulfonamides is 1. The highest BCUT2D eigenvalue weighted by Crippen LogP contribution is 2.46. The zero-order chi connectivity index (χ0) is 14.3. The fourth-order valence-electron chi connectivity index (χ4n) is 1.85. The van der Waals surface area contributed by atoms with Crippen LogP contribution in [0.2, 0.25) is 5.02 Å². The number of hydrogen-bond donors (Lipinski definition) is 2. The fraction of sp³-hybridized carbons (Fsp3) is 0.500. The number of anilines is 1. The Morgan fingerprint density at radius 2 is 2.11 bits per heavy atom. The SMILES string of the molecule is CSC1(CNS(=O)(=O)c2cc(Cl)cc(N)c2C)CC1. The van der Waals surface area contributed by atoms with Gasteiger partial charge in [-0.25, -0.2) is 13.1 Å². The van der Waals surface area contributed by atoms with Crippen LogP contribution in [-0.4, -0.2) is 26.0 Å². The summed E-state index contributed by atoms with van der Waals surface area (Å²) in [4.78, 5) is 0.161. The molecule has 1 aliphatic carbocycles. The summed E-state index contributed by atoms with van der Waals surface area (Å²) in [6, 6.07) is 2.99. The molecule has 0 spiro atoms. The van der Waals surface area contributed by atoms with Crippen molar-refractivity contribution in [2.24, 2.45) is 0 Å². The first-order valence-corrected chi connectivity index (χ1v) is 8.99. The Morgan fingerprint density at radius 3 is 2.63 bits per heavy atom. The highest BCUT2D eigenvalue weighted by atomic mass is 35.5. The molecule has 2 rings (SSSR count). The Labute approximate surface area is 123 Å². The van der Waals surface area contributed by atoms with E-state index in [9.17, 15) is 8.42 Å². The molecule has 0 radical (unpaired) electrons. The van der Waals surface area contributed by atoms with Gasteiger partial charge in [-0.2, -0.15) is 11.8 Å². The Morgan fingerprint density at radius 1 is 1.47 bits per heavy atom. The van der Waals surface area contributed by atoms with Crippen LogP contribution in [-0.2, 0) is 10.0 Å². The Bertz CT molecular complexity index is 598. The van der Waals surface area contributed by atoms with Crippen LogP contribution in [0.3, 0.4) is 0 Å². The normalized spacial score (nSPS) is 17.4. The maximum absolute atomic E-state index is 12.3. The van der Waals surface area contributed by atoms with E-state index in [1.54, 1.807) is 24.8 Å². The van der Waals surface area contributed by atoms with Crippen LogP contribution < -0.4 is 10.5 Å². The molecule has 1 aromatic carbocycles. The second-order valence-corrected chi connectivity index (χ2v) is 8.28. The van der Waals surface area contributed by atoms with Crippen molar-refractivity contribution in [1.29, 1.82) is 0 Å². The lowest BCUT2D eigenvalue weighted by Crippen LogP contribution is -2.32. The zero-order valence-electron chi connectivity index (χ0n) is 10.9. The van der Waals surface area contributed by atoms with Crippen molar-refractivity contribution < 1.29 is 8.42 Å². The van der Waals surface area contributed by atoms with Crippen molar-refractivity contribution in [2.45, 2.75) is 29.4 Å². The minimum absolute atomic E-state index is 0.0745. The number of hydrogen-bond acceptors (Lipinski definition) is 4. The van der Waals surface area contributed by atoms with Gasteiger partial charge in [-0.05, 0) is 43.7 Å². The third kappa shape index (κ3) is 3.18. The Hall–Kier alpha value is -0.430. The van der Waals surface area contributed by atoms with Gasteiger partial charge < -0.3 is 5.73 Å². The number of nitrogen functional groups attached to an aromatic ring is 1. The summed E-state index contributed by atoms with van der Waals surface area (Å²) in [6.45, 7) is 2.13. The maximum atomic E-state index is 12.3. The molecule has 0 atom stereocenters. The van der Waals surface area contributed by atoms with Crippen molar-refractivity contribution in [1.82, 2.24) is 4.72 Å². The first-order valence-electron chi connectivity index (χ1n) is 5.90. The van der Waals surface area contributed by atoms with Gasteiger partial charge >= 0.3 is 0 Å². The molecule has 3 N–H and O–H groups in total. The lowest BCUT2D eigenvalue weighted by atomic mass is 10.2. The Kier molecular flexibility index (Phi) is 4.07. The first kappa shape index (κ1) is 15.0. The predicted octanol–water partition coefficient (Wildman–Crippen LogP) is 2.40. The van der Waals surface area contributed by atoms with Gasteiger partial charge in [-0.3, -0.25) is 0 Å². The van der Waals surface area contributed by atoms with Crippen molar-refractivity contribution >= 4 is 39.1 Å². The molecule has 19 heavy (non-hydrogen) atoms. The summed E-state index contributed by atoms with van der Waals surface area (Å²) < 4.78 is 27.4. The molecule has 1 fully saturated rings. The van der Waals surface area contributed by atoms with Crippen LogP contribution >= 0.6 is 23.4 Å². The number of nitrogens with one attached hydrogen (secondary N) is 1. The third-order valence-corrected chi connectivity index (χ3v) is 6.64. The van der Waals surface area contributed by atoms with Gasteiger partial charge in [0.2, 0.25) is 10.0 Å². The van der Waals surface area contributed by atoms with Crippen molar-refractivity contribution in [2.75, 3.05) is 18.5 Å². The van der Waals surface area contributed by atoms with Crippen LogP contribution in [0.4, 0.5) is 5.69 Å². The minimum atomic E-state index is -3.57. The van der Waals surface area contributed by atoms with Gasteiger partial charge in [-0.1, -0.05) is 11.6 Å². The summed E-state index contributed by atoms with van der Waals surface area (Å²) in [5, 5.41) is 0.328. The van der Waals surface area contributed by atoms with E-state index >= 15 is 0 Å². The van der Waals surface area contributed by atoms with Crippen molar-refractivity contribution in [3.8, 4) is 0 Å². The van der Waals surface area contributed by atoms with Gasteiger partial charge in [0.1, 0.15) is 0 Å². The van der Waals surface area contributed by atoms with Crippen molar-refractivity contribution in [3.63, 3.8) is 0 Å². The summed E-state index contributed by atoms with van der Waals surface area (Å²) in [5.41, 5.74) is 6.68. The first-order chi connectivity index (χ1) is 8.80. The number of rotatable bonds is 5. The monoisotopic (exact) mass is 320 g/mol. The van der Waals surface area contributed by atoms with Crippen LogP contribution in [0.5, 0.6) is 0 Å². The summed E-state index contributed by atoms with van der Waals surface area (Å²) >= 11 is 7.59. The molecule has 0 unspecified atom stereocenters. The second-order valence-electron chi connectivity index (χ2n) is 4.83. The topological polar surface area (TPSA) is 72.2 Å². The molecule has 0 aliphatic heterocycles. The van der Waals surface area contributed by atoms with Gasteiger partial charge in [0, 0.05) is 22.0 Å². The highest BCUT2D eigenvalue weighted by molar-refractivity contribution is 8.00. The number of nitrogens with two attached hydrogens (primary N) is 1. The fourth-order valence-corrected chi connectivity index (χ4v) is 4.38. The smallest absolute Gasteiger partial charge is 0.241 e. The quantitative estimate of drug-likeness (QED) is 0.817. The van der Waals surface area contributed by atoms with Crippen LogP contribution in [0.15, 0.2) is 17.0 Å². The molecule has 106 valence electrons. The van der Waals surface area contributed by atoms with E-state index in [4.69, 9.17) is 17.3 Å². The molecule has 0 bridgehead atoms. The molecule has 0 amide bonds. The maximum Gasteiger partial charge on any atom is 0.241 e. The van der Waals surface area contributed by atoms with Crippen LogP contribution in [0, 0.1) is 6.92 Å². The van der Waals surface area contributed by atoms with E-state index < -0.39 is 10.0 Å². The second kappa shape index (κ2) is 5.16. The van der Waals surface area contributed by atoms with Crippen molar-refractivity contribution in [3.05, 3.63) is 22.7 Å². The van der Waals surface area contributed by atoms with Crippen LogP contribution in [0.1, 0.15) is 18.4 Å². The Balaban J connectivity index is 2.25. The molecule has 1 saturated carbocycles. The lowest BCUT2D eigenvalue weighted by molar-refractivity contribution is 0.579. The van der Waals surface area contributed by atoms with Gasteiger partial charge in [0.05, 0.1) is 4.90 Å². The molecule has 1 aliphatic rings. The summed E-state index contributed by atoms with van der Waals surface area (Å²) in [7, 11) is -3.57. The predicted molar refractivity (Wildman–Crippen MR) is 81.3 cm³/mol. The van der Waals surface area contributed by atoms with E-state index in [0.717, 1.165) is 12.8 Å². The van der Waals surface area contributed by atoms with E-state index in [1.165, 1.54) is 6.07 Å². The van der Waals surface area contributed by atoms with Gasteiger partial charge in [0.25, 0.3) is 0 Å². The van der Waals surface area contributed by atoms with Gasteiger partial charge in [0.15, 0.2) is 0 Å². The third-order valence-electron chi connectivity index (χ3n) is 3.48. The standard InChI is InChI=1S/C12H17ClN2O2S2/c1-8-10(14)5-9(13)6-11(8)19(16,17)15-7-12(18-2)3-4-12/h5-6,15H,3-4,7,14H2,1-2H3. The van der Waals surface area contributed by atoms with E-state index in [1.807, 2.05) is 6.26 Å². The van der Waals surface area contributed by atoms with Crippen LogP contribution in [0.25, 0.3) is 0 Å². The lowest BCUT2D eigenvalue weighted by Gasteiger charge is -2.15. The molecule has 4 nitrogen and oxygen atoms in total. The van der Waals surface area contributed by atoms with Gasteiger partial charge in [-0.15, -0.1) is 0 Å². The average Bonchev–Trinajstić information content (AvgIpc) is 3.12. The molecule has 1 aromatic rings. The number of thioether (sulfide) groups is 1. The number of halogens is 1. The highest BCUT2D eigenvalue weighted by Gasteiger charge is 2.42. The largest absolute Gasteiger partial charge is 0.398 e. The molecule has 0 aromatic heterocycles. The van der Waals surface area contributed by atoms with E-state index in [2.05, 4.69) is 4.72 Å². The minimum Gasteiger partial charge on any atom is -0.398 e. The van der Waals surface area contributed by atoms with E-state index in [-0.39, 0.29) is 9.64 Å². The average molecular weight is 321 g/mol. The zero-order valence-corrected chi connectivity index (χ0v) is 13.3. The van der Waals surface area contributed by atoms with E-state index in [0.29, 0.717) is 22.8 Å². The number of benzene rings is 1. The summed E-state index contributed by atoms with van der Waals surface area (Å²) in [6.07, 6.45) is 4.10. The molecular formula is C12H17ClN2O2S2. The molecule has 0 saturated heterocycles. The molecule has 7 heteroatoms. The molecule has 0 heterocycles.